The summed E-state index contributed by atoms with van der Waals surface area (Å²) in [7, 11) is 0. The molecule has 0 N–H and O–H groups in total. The summed E-state index contributed by atoms with van der Waals surface area (Å²) in [5, 5.41) is 0. The topological polar surface area (TPSA) is 26.3 Å². The number of thiol groups is 1. The van der Waals surface area contributed by atoms with Gasteiger partial charge in [-0.3, -0.25) is 4.79 Å². The molecule has 14 heavy (non-hydrogen) atoms. The fourth-order valence-electron chi connectivity index (χ4n) is 0.478. The first kappa shape index (κ1) is 14.3. The van der Waals surface area contributed by atoms with Crippen LogP contribution in [0.5, 0.6) is 0 Å². The lowest BCUT2D eigenvalue weighted by Crippen LogP contribution is -2.47. The van der Waals surface area contributed by atoms with Crippen LogP contribution in [0.25, 0.3) is 0 Å². The van der Waals surface area contributed by atoms with Crippen molar-refractivity contribution in [2.24, 2.45) is 0 Å². The highest BCUT2D eigenvalue weighted by atomic mass is 79.9. The van der Waals surface area contributed by atoms with E-state index in [9.17, 15) is 4.79 Å². The number of alkyl halides is 1. The molecule has 2 nitrogen and oxygen atoms in total. The number of esters is 1. The number of halogens is 1. The van der Waals surface area contributed by atoms with E-state index in [4.69, 9.17) is 4.74 Å². The highest BCUT2D eigenvalue weighted by Gasteiger charge is 2.40. The lowest BCUT2D eigenvalue weighted by atomic mass is 9.93. The molecule has 0 heterocycles. The van der Waals surface area contributed by atoms with E-state index in [1.807, 2.05) is 27.7 Å². The van der Waals surface area contributed by atoms with Crippen molar-refractivity contribution < 1.29 is 9.53 Å². The van der Waals surface area contributed by atoms with Crippen LogP contribution >= 0.6 is 28.6 Å². The molecule has 0 aliphatic heterocycles. The predicted octanol–water partition coefficient (Wildman–Crippen LogP) is 3.19. The maximum atomic E-state index is 11.6. The summed E-state index contributed by atoms with van der Waals surface area (Å²) in [6.45, 7) is 11.1. The Morgan fingerprint density at radius 3 is 1.71 bits per heavy atom. The largest absolute Gasteiger partial charge is 0.457 e. The maximum Gasteiger partial charge on any atom is 0.322 e. The summed E-state index contributed by atoms with van der Waals surface area (Å²) >= 11 is 7.68. The van der Waals surface area contributed by atoms with Crippen molar-refractivity contribution in [1.29, 1.82) is 0 Å². The fourth-order valence-corrected chi connectivity index (χ4v) is 0.605. The molecule has 0 unspecified atom stereocenters. The van der Waals surface area contributed by atoms with E-state index < -0.39 is 9.93 Å². The van der Waals surface area contributed by atoms with Crippen LogP contribution in [0.3, 0.4) is 0 Å². The molecule has 0 aliphatic rings. The lowest BCUT2D eigenvalue weighted by molar-refractivity contribution is -0.160. The summed E-state index contributed by atoms with van der Waals surface area (Å²) < 4.78 is 4.38. The van der Waals surface area contributed by atoms with E-state index in [0.29, 0.717) is 0 Å². The van der Waals surface area contributed by atoms with Crippen molar-refractivity contribution in [2.45, 2.75) is 56.2 Å². The molecule has 0 spiro atoms. The van der Waals surface area contributed by atoms with Gasteiger partial charge in [0.05, 0.1) is 0 Å². The molecule has 0 saturated carbocycles. The minimum absolute atomic E-state index is 0.273. The number of ether oxygens (including phenoxy) is 1. The van der Waals surface area contributed by atoms with Crippen LogP contribution in [0.2, 0.25) is 0 Å². The van der Waals surface area contributed by atoms with Gasteiger partial charge in [0.2, 0.25) is 0 Å². The number of hydrogen-bond donors (Lipinski definition) is 1. The van der Waals surface area contributed by atoms with Gasteiger partial charge in [0.1, 0.15) is 9.93 Å². The van der Waals surface area contributed by atoms with E-state index in [1.165, 1.54) is 0 Å². The lowest BCUT2D eigenvalue weighted by Gasteiger charge is -2.38. The Hall–Kier alpha value is 0.300. The molecule has 0 radical (unpaired) electrons. The van der Waals surface area contributed by atoms with Crippen LogP contribution in [0.1, 0.15) is 41.5 Å². The van der Waals surface area contributed by atoms with Gasteiger partial charge in [-0.1, -0.05) is 15.9 Å². The molecule has 0 aromatic carbocycles. The zero-order chi connectivity index (χ0) is 11.8. The second kappa shape index (κ2) is 4.05. The number of hydrogen-bond acceptors (Lipinski definition) is 3. The van der Waals surface area contributed by atoms with Crippen LogP contribution < -0.4 is 0 Å². The minimum Gasteiger partial charge on any atom is -0.457 e. The normalized spacial score (nSPS) is 14.0. The smallest absolute Gasteiger partial charge is 0.322 e. The van der Waals surface area contributed by atoms with E-state index >= 15 is 0 Å². The molecule has 0 aliphatic carbocycles. The summed E-state index contributed by atoms with van der Waals surface area (Å²) in [5.41, 5.74) is -0.599. The molecule has 0 amide bonds. The maximum absolute atomic E-state index is 11.6. The van der Waals surface area contributed by atoms with Crippen molar-refractivity contribution in [3.8, 4) is 0 Å². The third kappa shape index (κ3) is 3.81. The van der Waals surface area contributed by atoms with Crippen molar-refractivity contribution in [2.75, 3.05) is 0 Å². The molecule has 0 aromatic rings. The van der Waals surface area contributed by atoms with Crippen LogP contribution in [-0.4, -0.2) is 20.6 Å². The highest BCUT2D eigenvalue weighted by Crippen LogP contribution is 2.33. The average Bonchev–Trinajstić information content (AvgIpc) is 1.80. The fraction of sp³-hybridized carbons (Fsp3) is 0.900. The van der Waals surface area contributed by atoms with Gasteiger partial charge in [0.25, 0.3) is 0 Å². The molecule has 0 fully saturated rings. The zero-order valence-corrected chi connectivity index (χ0v) is 12.1. The molecule has 0 aromatic heterocycles. The third-order valence-corrected chi connectivity index (χ3v) is 3.17. The van der Waals surface area contributed by atoms with E-state index in [1.54, 1.807) is 13.8 Å². The van der Waals surface area contributed by atoms with Gasteiger partial charge in [0, 0.05) is 4.75 Å². The third-order valence-electron chi connectivity index (χ3n) is 2.31. The first-order valence-corrected chi connectivity index (χ1v) is 5.77. The predicted molar refractivity (Wildman–Crippen MR) is 66.2 cm³/mol. The summed E-state index contributed by atoms with van der Waals surface area (Å²) in [5.74, 6) is -0.273. The summed E-state index contributed by atoms with van der Waals surface area (Å²) in [6.07, 6.45) is 0. The first-order valence-electron chi connectivity index (χ1n) is 4.52. The van der Waals surface area contributed by atoms with Gasteiger partial charge in [-0.25, -0.2) is 0 Å². The van der Waals surface area contributed by atoms with Crippen LogP contribution in [0.4, 0.5) is 0 Å². The summed E-state index contributed by atoms with van der Waals surface area (Å²) in [6, 6.07) is 0. The first-order chi connectivity index (χ1) is 5.88. The molecule has 0 atom stereocenters. The summed E-state index contributed by atoms with van der Waals surface area (Å²) in [4.78, 5) is 11.6. The van der Waals surface area contributed by atoms with Gasteiger partial charge in [-0.05, 0) is 41.5 Å². The second-order valence-electron chi connectivity index (χ2n) is 4.93. The van der Waals surface area contributed by atoms with Gasteiger partial charge in [0.15, 0.2) is 0 Å². The minimum atomic E-state index is -0.650. The second-order valence-corrected chi connectivity index (χ2v) is 8.03. The van der Waals surface area contributed by atoms with E-state index in [0.717, 1.165) is 0 Å². The Morgan fingerprint density at radius 1 is 1.14 bits per heavy atom. The molecule has 4 heteroatoms. The molecule has 84 valence electrons. The average molecular weight is 283 g/mol. The zero-order valence-electron chi connectivity index (χ0n) is 9.64. The standard InChI is InChI=1S/C10H19BrO2S/c1-8(2,11)7(12)13-9(3,4)10(5,6)14/h14H,1-6H3. The molecular weight excluding hydrogens is 264 g/mol. The Bertz CT molecular complexity index is 223. The SMILES string of the molecule is CC(C)(Br)C(=O)OC(C)(C)C(C)(C)S. The number of carbonyl (C=O) groups is 1. The quantitative estimate of drug-likeness (QED) is 0.489. The number of carbonyl (C=O) groups excluding carboxylic acids is 1. The van der Waals surface area contributed by atoms with Crippen molar-refractivity contribution in [3.05, 3.63) is 0 Å². The Kier molecular flexibility index (Phi) is 4.13. The van der Waals surface area contributed by atoms with Gasteiger partial charge in [-0.2, -0.15) is 12.6 Å². The van der Waals surface area contributed by atoms with Crippen molar-refractivity contribution in [3.63, 3.8) is 0 Å². The highest BCUT2D eigenvalue weighted by molar-refractivity contribution is 9.10. The molecule has 0 saturated heterocycles. The van der Waals surface area contributed by atoms with Gasteiger partial charge >= 0.3 is 5.97 Å². The molecular formula is C10H19BrO2S. The number of rotatable bonds is 3. The van der Waals surface area contributed by atoms with Crippen LogP contribution in [0.15, 0.2) is 0 Å². The Balaban J connectivity index is 4.62. The molecule has 0 bridgehead atoms. The van der Waals surface area contributed by atoms with Crippen LogP contribution in [-0.2, 0) is 9.53 Å². The van der Waals surface area contributed by atoms with E-state index in [-0.39, 0.29) is 10.7 Å². The van der Waals surface area contributed by atoms with Gasteiger partial charge < -0.3 is 4.74 Å². The van der Waals surface area contributed by atoms with Crippen molar-refractivity contribution in [1.82, 2.24) is 0 Å². The van der Waals surface area contributed by atoms with Gasteiger partial charge in [-0.15, -0.1) is 0 Å². The molecule has 0 rings (SSSR count). The monoisotopic (exact) mass is 282 g/mol. The van der Waals surface area contributed by atoms with Crippen molar-refractivity contribution >= 4 is 34.5 Å². The Morgan fingerprint density at radius 2 is 1.50 bits per heavy atom. The Labute approximate surface area is 100 Å². The van der Waals surface area contributed by atoms with Crippen LogP contribution in [0, 0.1) is 0 Å². The van der Waals surface area contributed by atoms with E-state index in [2.05, 4.69) is 28.6 Å².